The van der Waals surface area contributed by atoms with Crippen LogP contribution in [0.1, 0.15) is 19.8 Å². The third-order valence-electron chi connectivity index (χ3n) is 4.59. The minimum Gasteiger partial charge on any atom is -0.406 e. The van der Waals surface area contributed by atoms with Crippen LogP contribution in [-0.2, 0) is 16.4 Å². The molecule has 3 aromatic rings. The van der Waals surface area contributed by atoms with E-state index in [1.54, 1.807) is 12.4 Å². The molecular formula is C22H25F3N4O4S. The van der Waals surface area contributed by atoms with E-state index in [0.717, 1.165) is 31.0 Å². The second-order valence-corrected chi connectivity index (χ2v) is 9.63. The highest BCUT2D eigenvalue weighted by Crippen LogP contribution is 2.36. The Hall–Kier alpha value is -3.25. The zero-order chi connectivity index (χ0) is 24.9. The molecular weight excluding hydrogens is 473 g/mol. The van der Waals surface area contributed by atoms with Gasteiger partial charge in [0.05, 0.1) is 22.4 Å². The number of alkyl halides is 3. The lowest BCUT2D eigenvalue weighted by Gasteiger charge is -2.17. The van der Waals surface area contributed by atoms with Gasteiger partial charge < -0.3 is 25.5 Å². The topological polar surface area (TPSA) is 119 Å². The van der Waals surface area contributed by atoms with Crippen LogP contribution in [-0.4, -0.2) is 41.6 Å². The van der Waals surface area contributed by atoms with E-state index in [2.05, 4.69) is 15.0 Å². The average molecular weight is 499 g/mol. The van der Waals surface area contributed by atoms with Crippen LogP contribution < -0.4 is 15.8 Å². The first-order valence-corrected chi connectivity index (χ1v) is 11.8. The van der Waals surface area contributed by atoms with Crippen LogP contribution >= 0.6 is 0 Å². The van der Waals surface area contributed by atoms with Crippen molar-refractivity contribution in [1.29, 1.82) is 0 Å². The summed E-state index contributed by atoms with van der Waals surface area (Å²) in [5, 5.41) is 12.4. The summed E-state index contributed by atoms with van der Waals surface area (Å²) in [5.74, 6) is -0.520. The van der Waals surface area contributed by atoms with Gasteiger partial charge in [0.1, 0.15) is 10.8 Å². The number of halogens is 3. The second-order valence-electron chi connectivity index (χ2n) is 7.77. The van der Waals surface area contributed by atoms with Gasteiger partial charge in [-0.3, -0.25) is 4.98 Å². The number of rotatable bonds is 7. The summed E-state index contributed by atoms with van der Waals surface area (Å²) < 4.78 is 69.2. The van der Waals surface area contributed by atoms with Crippen molar-refractivity contribution < 1.29 is 31.4 Å². The van der Waals surface area contributed by atoms with Gasteiger partial charge in [0.15, 0.2) is 0 Å². The minimum atomic E-state index is -4.89. The summed E-state index contributed by atoms with van der Waals surface area (Å²) in [6.45, 7) is 1.49. The summed E-state index contributed by atoms with van der Waals surface area (Å²) in [5.41, 5.74) is 5.93. The van der Waals surface area contributed by atoms with Gasteiger partial charge in [0, 0.05) is 37.2 Å². The maximum absolute atomic E-state index is 13.2. The molecule has 4 N–H and O–H groups in total. The molecule has 1 unspecified atom stereocenters. The molecule has 34 heavy (non-hydrogen) atoms. The number of hydrogen-bond donors (Lipinski definition) is 3. The number of hydrogen-bond acceptors (Lipinski definition) is 7. The summed E-state index contributed by atoms with van der Waals surface area (Å²) in [6.07, 6.45) is 0.740. The Morgan fingerprint density at radius 2 is 1.91 bits per heavy atom. The molecule has 1 aliphatic rings. The first-order valence-electron chi connectivity index (χ1n) is 10.4. The van der Waals surface area contributed by atoms with Gasteiger partial charge in [-0.25, -0.2) is 8.42 Å². The number of aliphatic hydroxyl groups excluding tert-OH is 1. The third kappa shape index (κ3) is 7.12. The van der Waals surface area contributed by atoms with E-state index >= 15 is 0 Å². The molecule has 1 fully saturated rings. The fourth-order valence-electron chi connectivity index (χ4n) is 3.09. The summed E-state index contributed by atoms with van der Waals surface area (Å²) >= 11 is 0. The Labute approximate surface area is 195 Å². The fourth-order valence-corrected chi connectivity index (χ4v) is 4.70. The summed E-state index contributed by atoms with van der Waals surface area (Å²) in [6, 6.07) is 9.99. The molecule has 1 atom stereocenters. The number of sulfone groups is 1. The van der Waals surface area contributed by atoms with Crippen molar-refractivity contribution in [2.45, 2.75) is 54.7 Å². The number of nitrogens with two attached hydrogens (primary N) is 1. The Kier molecular flexibility index (Phi) is 7.72. The van der Waals surface area contributed by atoms with Gasteiger partial charge in [-0.2, -0.15) is 0 Å². The Bertz CT molecular complexity index is 1170. The molecule has 2 aromatic heterocycles. The van der Waals surface area contributed by atoms with E-state index < -0.39 is 28.1 Å². The molecule has 0 amide bonds. The molecule has 184 valence electrons. The molecule has 4 rings (SSSR count). The number of anilines is 2. The lowest BCUT2D eigenvalue weighted by molar-refractivity contribution is -0.274. The molecule has 1 aliphatic carbocycles. The predicted octanol–water partition coefficient (Wildman–Crippen LogP) is 3.84. The van der Waals surface area contributed by atoms with E-state index in [0.29, 0.717) is 0 Å². The van der Waals surface area contributed by atoms with Gasteiger partial charge in [0.2, 0.25) is 9.84 Å². The predicted molar refractivity (Wildman–Crippen MR) is 120 cm³/mol. The highest BCUT2D eigenvalue weighted by Gasteiger charge is 2.33. The van der Waals surface area contributed by atoms with Crippen LogP contribution in [0.2, 0.25) is 0 Å². The van der Waals surface area contributed by atoms with Crippen LogP contribution in [0.5, 0.6) is 5.75 Å². The Morgan fingerprint density at radius 1 is 1.24 bits per heavy atom. The number of aromatic nitrogens is 2. The monoisotopic (exact) mass is 498 g/mol. The highest BCUT2D eigenvalue weighted by atomic mass is 32.2. The number of pyridine rings is 1. The van der Waals surface area contributed by atoms with Crippen molar-refractivity contribution in [2.75, 3.05) is 11.1 Å². The highest BCUT2D eigenvalue weighted by molar-refractivity contribution is 7.91. The van der Waals surface area contributed by atoms with Gasteiger partial charge in [-0.05, 0) is 50.1 Å². The number of aliphatic hydroxyl groups is 1. The zero-order valence-corrected chi connectivity index (χ0v) is 19.1. The van der Waals surface area contributed by atoms with Crippen LogP contribution in [0, 0.1) is 0 Å². The molecule has 8 nitrogen and oxygen atoms in total. The lowest BCUT2D eigenvalue weighted by Crippen LogP contribution is -2.19. The molecule has 0 aliphatic heterocycles. The van der Waals surface area contributed by atoms with E-state index in [-0.39, 0.29) is 33.9 Å². The van der Waals surface area contributed by atoms with Gasteiger partial charge in [-0.15, -0.1) is 13.2 Å². The minimum absolute atomic E-state index is 0.00752. The molecule has 0 bridgehead atoms. The first kappa shape index (κ1) is 25.4. The number of nitrogen functional groups attached to an aromatic ring is 1. The SMILES string of the molecule is CC(O)Cn1cc(N)cc1S(=O)(=O)c1ccc(OC(F)(F)F)cc1NC1CC1.c1ccncc1. The quantitative estimate of drug-likeness (QED) is 0.453. The Balaban J connectivity index is 0.000000469. The largest absolute Gasteiger partial charge is 0.573 e. The van der Waals surface area contributed by atoms with Crippen molar-refractivity contribution >= 4 is 21.2 Å². The molecule has 2 heterocycles. The van der Waals surface area contributed by atoms with Crippen LogP contribution in [0.15, 0.2) is 71.0 Å². The van der Waals surface area contributed by atoms with Gasteiger partial charge >= 0.3 is 6.36 Å². The zero-order valence-electron chi connectivity index (χ0n) is 18.2. The van der Waals surface area contributed by atoms with Crippen molar-refractivity contribution in [2.24, 2.45) is 0 Å². The third-order valence-corrected chi connectivity index (χ3v) is 6.43. The van der Waals surface area contributed by atoms with Crippen molar-refractivity contribution in [1.82, 2.24) is 9.55 Å². The van der Waals surface area contributed by atoms with Gasteiger partial charge in [0.25, 0.3) is 0 Å². The van der Waals surface area contributed by atoms with E-state index in [4.69, 9.17) is 5.73 Å². The number of ether oxygens (including phenoxy) is 1. The summed E-state index contributed by atoms with van der Waals surface area (Å²) in [7, 11) is -4.13. The standard InChI is InChI=1S/C17H20F3N3O4S.C5H5N/c1-10(24)8-23-9-11(21)6-16(23)28(25,26)15-5-4-13(27-17(18,19)20)7-14(15)22-12-2-3-12;1-2-4-6-5-3-1/h4-7,9-10,12,22,24H,2-3,8,21H2,1H3;1-5H. The Morgan fingerprint density at radius 3 is 2.41 bits per heavy atom. The molecule has 1 aromatic carbocycles. The number of nitrogens with one attached hydrogen (secondary N) is 1. The van der Waals surface area contributed by atoms with Gasteiger partial charge in [-0.1, -0.05) is 6.07 Å². The molecule has 0 saturated heterocycles. The fraction of sp³-hybridized carbons (Fsp3) is 0.318. The van der Waals surface area contributed by atoms with Crippen molar-refractivity contribution in [3.8, 4) is 5.75 Å². The normalized spacial score (nSPS) is 14.6. The smallest absolute Gasteiger partial charge is 0.406 e. The molecule has 0 spiro atoms. The van der Waals surface area contributed by atoms with E-state index in [1.807, 2.05) is 18.2 Å². The number of nitrogens with zero attached hydrogens (tertiary/aromatic N) is 2. The molecule has 1 saturated carbocycles. The average Bonchev–Trinajstić information content (AvgIpc) is 3.48. The molecule has 12 heteroatoms. The van der Waals surface area contributed by atoms with Crippen LogP contribution in [0.25, 0.3) is 0 Å². The van der Waals surface area contributed by atoms with Crippen molar-refractivity contribution in [3.05, 3.63) is 61.1 Å². The maximum atomic E-state index is 13.2. The molecule has 0 radical (unpaired) electrons. The maximum Gasteiger partial charge on any atom is 0.573 e. The van der Waals surface area contributed by atoms with Crippen molar-refractivity contribution in [3.63, 3.8) is 0 Å². The van der Waals surface area contributed by atoms with E-state index in [1.165, 1.54) is 23.8 Å². The summed E-state index contributed by atoms with van der Waals surface area (Å²) in [4.78, 5) is 3.59. The lowest BCUT2D eigenvalue weighted by atomic mass is 10.3. The number of benzene rings is 1. The first-order chi connectivity index (χ1) is 16.0. The van der Waals surface area contributed by atoms with Crippen LogP contribution in [0.3, 0.4) is 0 Å². The van der Waals surface area contributed by atoms with Crippen LogP contribution in [0.4, 0.5) is 24.5 Å². The van der Waals surface area contributed by atoms with E-state index in [9.17, 15) is 26.7 Å². The second kappa shape index (κ2) is 10.3.